The SMILES string of the molecule is CSC[C@H]1CN(Cc2c[nH]c3c(NC(=O)c4ccccc4)ncnc23)C[C@@H]1O. The third-order valence-electron chi connectivity index (χ3n) is 5.07. The zero-order valence-electron chi connectivity index (χ0n) is 15.6. The van der Waals surface area contributed by atoms with Crippen LogP contribution in [0.4, 0.5) is 5.82 Å². The Hall–Kier alpha value is -2.42. The zero-order chi connectivity index (χ0) is 19.5. The first-order valence-corrected chi connectivity index (χ1v) is 10.6. The molecule has 28 heavy (non-hydrogen) atoms. The first kappa shape index (κ1) is 18.9. The second-order valence-corrected chi connectivity index (χ2v) is 7.97. The Morgan fingerprint density at radius 2 is 2.14 bits per heavy atom. The summed E-state index contributed by atoms with van der Waals surface area (Å²) in [4.78, 5) is 26.6. The molecule has 0 aliphatic carbocycles. The lowest BCUT2D eigenvalue weighted by atomic mass is 10.1. The Morgan fingerprint density at radius 1 is 1.32 bits per heavy atom. The molecule has 3 N–H and O–H groups in total. The molecule has 146 valence electrons. The number of amides is 1. The molecule has 1 saturated heterocycles. The molecule has 1 aromatic carbocycles. The molecule has 0 bridgehead atoms. The van der Waals surface area contributed by atoms with Gasteiger partial charge in [-0.2, -0.15) is 11.8 Å². The van der Waals surface area contributed by atoms with Crippen molar-refractivity contribution >= 4 is 34.5 Å². The van der Waals surface area contributed by atoms with E-state index in [1.165, 1.54) is 6.33 Å². The Labute approximate surface area is 167 Å². The molecule has 1 amide bonds. The zero-order valence-corrected chi connectivity index (χ0v) is 16.4. The molecule has 8 heteroatoms. The number of β-amino-alcohol motifs (C(OH)–C–C–N with tert-alkyl or cyclic N) is 1. The lowest BCUT2D eigenvalue weighted by molar-refractivity contribution is 0.102. The number of anilines is 1. The summed E-state index contributed by atoms with van der Waals surface area (Å²) < 4.78 is 0. The number of aliphatic hydroxyl groups is 1. The van der Waals surface area contributed by atoms with E-state index in [0.717, 1.165) is 23.4 Å². The highest BCUT2D eigenvalue weighted by Gasteiger charge is 2.31. The third-order valence-corrected chi connectivity index (χ3v) is 5.83. The van der Waals surface area contributed by atoms with Crippen LogP contribution in [0.1, 0.15) is 15.9 Å². The number of carbonyl (C=O) groups is 1. The Kier molecular flexibility index (Phi) is 5.61. The Bertz CT molecular complexity index is 962. The summed E-state index contributed by atoms with van der Waals surface area (Å²) >= 11 is 1.77. The van der Waals surface area contributed by atoms with Crippen molar-refractivity contribution < 1.29 is 9.90 Å². The smallest absolute Gasteiger partial charge is 0.256 e. The van der Waals surface area contributed by atoms with E-state index in [1.807, 2.05) is 24.4 Å². The van der Waals surface area contributed by atoms with Crippen LogP contribution >= 0.6 is 11.8 Å². The third kappa shape index (κ3) is 3.89. The minimum Gasteiger partial charge on any atom is -0.391 e. The number of thioether (sulfide) groups is 1. The van der Waals surface area contributed by atoms with Gasteiger partial charge in [0.2, 0.25) is 0 Å². The van der Waals surface area contributed by atoms with Crippen molar-refractivity contribution in [3.05, 3.63) is 54.0 Å². The van der Waals surface area contributed by atoms with E-state index in [4.69, 9.17) is 0 Å². The Morgan fingerprint density at radius 3 is 2.93 bits per heavy atom. The number of fused-ring (bicyclic) bond motifs is 1. The molecular formula is C20H23N5O2S. The van der Waals surface area contributed by atoms with Crippen LogP contribution < -0.4 is 5.32 Å². The van der Waals surface area contributed by atoms with Gasteiger partial charge >= 0.3 is 0 Å². The number of aromatic nitrogens is 3. The maximum Gasteiger partial charge on any atom is 0.256 e. The molecule has 3 heterocycles. The molecule has 2 atom stereocenters. The van der Waals surface area contributed by atoms with Crippen LogP contribution in [0.3, 0.4) is 0 Å². The minimum absolute atomic E-state index is 0.209. The number of benzene rings is 1. The van der Waals surface area contributed by atoms with E-state index in [0.29, 0.717) is 35.9 Å². The number of hydrogen-bond acceptors (Lipinski definition) is 6. The highest BCUT2D eigenvalue weighted by atomic mass is 32.2. The van der Waals surface area contributed by atoms with Crippen LogP contribution in [0, 0.1) is 5.92 Å². The molecule has 3 aromatic rings. The van der Waals surface area contributed by atoms with Gasteiger partial charge in [0.15, 0.2) is 5.82 Å². The lowest BCUT2D eigenvalue weighted by Crippen LogP contribution is -2.21. The topological polar surface area (TPSA) is 94.1 Å². The van der Waals surface area contributed by atoms with Crippen molar-refractivity contribution in [2.24, 2.45) is 5.92 Å². The second kappa shape index (κ2) is 8.30. The predicted octanol–water partition coefficient (Wildman–Crippen LogP) is 2.37. The number of aromatic amines is 1. The molecule has 0 saturated carbocycles. The van der Waals surface area contributed by atoms with Gasteiger partial charge in [0.1, 0.15) is 11.8 Å². The quantitative estimate of drug-likeness (QED) is 0.591. The number of carbonyl (C=O) groups excluding carboxylic acids is 1. The predicted molar refractivity (Wildman–Crippen MR) is 111 cm³/mol. The van der Waals surface area contributed by atoms with Crippen LogP contribution in [-0.2, 0) is 6.54 Å². The number of aliphatic hydroxyl groups excluding tert-OH is 1. The van der Waals surface area contributed by atoms with Gasteiger partial charge in [0, 0.05) is 42.9 Å². The van der Waals surface area contributed by atoms with Gasteiger partial charge in [-0.3, -0.25) is 9.69 Å². The number of likely N-dealkylation sites (tertiary alicyclic amines) is 1. The molecule has 1 aliphatic heterocycles. The highest BCUT2D eigenvalue weighted by Crippen LogP contribution is 2.26. The number of nitrogens with one attached hydrogen (secondary N) is 2. The summed E-state index contributed by atoms with van der Waals surface area (Å²) in [5.74, 6) is 1.52. The Balaban J connectivity index is 1.52. The molecule has 0 radical (unpaired) electrons. The second-order valence-electron chi connectivity index (χ2n) is 7.06. The number of hydrogen-bond donors (Lipinski definition) is 3. The van der Waals surface area contributed by atoms with Crippen molar-refractivity contribution in [1.82, 2.24) is 19.9 Å². The summed E-state index contributed by atoms with van der Waals surface area (Å²) in [6.45, 7) is 2.24. The van der Waals surface area contributed by atoms with E-state index in [9.17, 15) is 9.90 Å². The van der Waals surface area contributed by atoms with Crippen molar-refractivity contribution in [3.8, 4) is 0 Å². The first-order chi connectivity index (χ1) is 13.7. The molecular weight excluding hydrogens is 374 g/mol. The van der Waals surface area contributed by atoms with Gasteiger partial charge in [-0.1, -0.05) is 18.2 Å². The first-order valence-electron chi connectivity index (χ1n) is 9.22. The van der Waals surface area contributed by atoms with Crippen LogP contribution in [0.25, 0.3) is 11.0 Å². The van der Waals surface area contributed by atoms with Crippen LogP contribution in [0.2, 0.25) is 0 Å². The van der Waals surface area contributed by atoms with Gasteiger partial charge in [0.25, 0.3) is 5.91 Å². The van der Waals surface area contributed by atoms with Gasteiger partial charge in [0.05, 0.1) is 11.6 Å². The van der Waals surface area contributed by atoms with Gasteiger partial charge < -0.3 is 15.4 Å². The lowest BCUT2D eigenvalue weighted by Gasteiger charge is -2.14. The fourth-order valence-corrected chi connectivity index (χ4v) is 4.42. The van der Waals surface area contributed by atoms with Crippen molar-refractivity contribution in [2.75, 3.05) is 30.4 Å². The van der Waals surface area contributed by atoms with Crippen molar-refractivity contribution in [3.63, 3.8) is 0 Å². The summed E-state index contributed by atoms with van der Waals surface area (Å²) in [5, 5.41) is 13.1. The van der Waals surface area contributed by atoms with Crippen LogP contribution in [0.15, 0.2) is 42.9 Å². The fourth-order valence-electron chi connectivity index (χ4n) is 3.67. The van der Waals surface area contributed by atoms with E-state index < -0.39 is 0 Å². The minimum atomic E-state index is -0.284. The maximum absolute atomic E-state index is 12.5. The normalized spacial score (nSPS) is 19.9. The largest absolute Gasteiger partial charge is 0.391 e. The molecule has 7 nitrogen and oxygen atoms in total. The number of nitrogens with zero attached hydrogens (tertiary/aromatic N) is 3. The number of H-pyrrole nitrogens is 1. The summed E-state index contributed by atoms with van der Waals surface area (Å²) in [5.41, 5.74) is 3.11. The standard InChI is InChI=1S/C20H23N5O2S/c1-28-11-15-9-25(10-16(15)26)8-14-7-21-18-17(14)22-12-23-19(18)24-20(27)13-5-3-2-4-6-13/h2-7,12,15-16,21,26H,8-11H2,1H3,(H,22,23,24,27)/t15-,16+/m1/s1. The van der Waals surface area contributed by atoms with E-state index >= 15 is 0 Å². The summed E-state index contributed by atoms with van der Waals surface area (Å²) in [7, 11) is 0. The fraction of sp³-hybridized carbons (Fsp3) is 0.350. The molecule has 1 aliphatic rings. The molecule has 0 spiro atoms. The van der Waals surface area contributed by atoms with Gasteiger partial charge in [-0.25, -0.2) is 9.97 Å². The van der Waals surface area contributed by atoms with E-state index in [1.54, 1.807) is 23.9 Å². The molecule has 4 rings (SSSR count). The van der Waals surface area contributed by atoms with E-state index in [-0.39, 0.29) is 12.0 Å². The molecule has 2 aromatic heterocycles. The molecule has 1 fully saturated rings. The van der Waals surface area contributed by atoms with Gasteiger partial charge in [-0.05, 0) is 24.1 Å². The average Bonchev–Trinajstić information content (AvgIpc) is 3.27. The average molecular weight is 398 g/mol. The van der Waals surface area contributed by atoms with E-state index in [2.05, 4.69) is 31.4 Å². The summed E-state index contributed by atoms with van der Waals surface area (Å²) in [6, 6.07) is 9.04. The van der Waals surface area contributed by atoms with Crippen LogP contribution in [-0.4, -0.2) is 62.1 Å². The number of rotatable bonds is 6. The molecule has 0 unspecified atom stereocenters. The highest BCUT2D eigenvalue weighted by molar-refractivity contribution is 7.98. The van der Waals surface area contributed by atoms with Crippen molar-refractivity contribution in [1.29, 1.82) is 0 Å². The van der Waals surface area contributed by atoms with Crippen LogP contribution in [0.5, 0.6) is 0 Å². The van der Waals surface area contributed by atoms with Gasteiger partial charge in [-0.15, -0.1) is 0 Å². The summed E-state index contributed by atoms with van der Waals surface area (Å²) in [6.07, 6.45) is 5.16. The van der Waals surface area contributed by atoms with Crippen molar-refractivity contribution in [2.45, 2.75) is 12.6 Å². The maximum atomic E-state index is 12.5. The monoisotopic (exact) mass is 397 g/mol.